The van der Waals surface area contributed by atoms with Gasteiger partial charge in [-0.05, 0) is 126 Å². The average molecular weight is 1370 g/mol. The average Bonchev–Trinajstić information content (AvgIpc) is 0.778. The molecule has 0 spiro atoms. The number of nitrogens with one attached hydrogen (secondary N) is 3. The van der Waals surface area contributed by atoms with Gasteiger partial charge in [0.1, 0.15) is 35.3 Å². The van der Waals surface area contributed by atoms with E-state index in [1.54, 1.807) is 48.2 Å². The zero-order valence-electron chi connectivity index (χ0n) is 53.0. The predicted molar refractivity (Wildman–Crippen MR) is 350 cm³/mol. The molecule has 1 aliphatic heterocycles. The first-order chi connectivity index (χ1) is 44.9. The Kier molecular flexibility index (Phi) is 39.3. The zero-order valence-corrected chi connectivity index (χ0v) is 55.3. The van der Waals surface area contributed by atoms with E-state index in [4.69, 9.17) is 73.3 Å². The van der Waals surface area contributed by atoms with Crippen LogP contribution in [0, 0.1) is 11.3 Å². The van der Waals surface area contributed by atoms with Crippen LogP contribution in [0.4, 0.5) is 11.4 Å². The van der Waals surface area contributed by atoms with Crippen molar-refractivity contribution < 1.29 is 80.9 Å². The van der Waals surface area contributed by atoms with E-state index < -0.39 is 11.8 Å². The minimum atomic E-state index is -0.488. The van der Waals surface area contributed by atoms with Crippen LogP contribution in [0.1, 0.15) is 92.1 Å². The minimum absolute atomic E-state index is 0.00800. The van der Waals surface area contributed by atoms with Gasteiger partial charge in [0.2, 0.25) is 5.91 Å². The van der Waals surface area contributed by atoms with Gasteiger partial charge >= 0.3 is 0 Å². The fourth-order valence-corrected chi connectivity index (χ4v) is 9.57. The number of rotatable bonds is 51. The number of Topliss-reactive ketones (excluding diaryl/α,β-unsaturated/α-hetero) is 1. The molecule has 0 bridgehead atoms. The van der Waals surface area contributed by atoms with Crippen LogP contribution >= 0.6 is 27.5 Å². The van der Waals surface area contributed by atoms with E-state index in [0.717, 1.165) is 28.9 Å². The molecule has 1 unspecified atom stereocenters. The summed E-state index contributed by atoms with van der Waals surface area (Å²) >= 11 is 9.39. The normalized spacial score (nSPS) is 14.2. The van der Waals surface area contributed by atoms with Gasteiger partial charge in [0.15, 0.2) is 12.4 Å². The van der Waals surface area contributed by atoms with Crippen molar-refractivity contribution in [2.75, 3.05) is 169 Å². The molecule has 2 heterocycles. The molecular weight excluding hydrogens is 1280 g/mol. The first-order valence-corrected chi connectivity index (χ1v) is 32.1. The number of carbonyl (C=O) groups excluding carboxylic acids is 4. The van der Waals surface area contributed by atoms with Gasteiger partial charge in [-0.25, -0.2) is 4.98 Å². The molecule has 92 heavy (non-hydrogen) atoms. The number of oxime groups is 1. The predicted octanol–water partition coefficient (Wildman–Crippen LogP) is 8.66. The number of nitriles is 1. The Morgan fingerprint density at radius 3 is 1.79 bits per heavy atom. The summed E-state index contributed by atoms with van der Waals surface area (Å²) in [7, 11) is 0. The summed E-state index contributed by atoms with van der Waals surface area (Å²) in [6.45, 7) is 14.3. The molecule has 0 saturated heterocycles. The molecule has 26 heteroatoms. The highest BCUT2D eigenvalue weighted by atomic mass is 79.9. The van der Waals surface area contributed by atoms with Gasteiger partial charge in [-0.3, -0.25) is 19.2 Å². The van der Waals surface area contributed by atoms with E-state index in [0.29, 0.717) is 184 Å². The van der Waals surface area contributed by atoms with Crippen LogP contribution in [0.3, 0.4) is 0 Å². The smallest absolute Gasteiger partial charge is 0.262 e. The Morgan fingerprint density at radius 1 is 0.728 bits per heavy atom. The first kappa shape index (κ1) is 76.2. The van der Waals surface area contributed by atoms with E-state index in [-0.39, 0.29) is 61.9 Å². The van der Waals surface area contributed by atoms with Crippen molar-refractivity contribution in [3.8, 4) is 11.8 Å². The molecule has 3 amide bonds. The quantitative estimate of drug-likeness (QED) is 0.00545. The van der Waals surface area contributed by atoms with Crippen molar-refractivity contribution in [3.05, 3.63) is 123 Å². The molecule has 0 fully saturated rings. The SMILES string of the molecule is CCCC(NC(=O)/C(C#N)=C/c1cccc(Br)n1)c1ccc(OCC=NOCC(=O)NCOCCOCCOCCOCCOCCOCCOCCOCCOCCOCCOCCCC(=O)c2ccc3c(c2)[C@H](Nc2ccc(Cl)cc2)C[C@H](C)N3C(C)=O)cc1. The Morgan fingerprint density at radius 2 is 1.27 bits per heavy atom. The van der Waals surface area contributed by atoms with Gasteiger partial charge in [-0.2, -0.15) is 5.26 Å². The maximum atomic E-state index is 13.2. The Balaban J connectivity index is 0.704. The second-order valence-electron chi connectivity index (χ2n) is 20.6. The summed E-state index contributed by atoms with van der Waals surface area (Å²) in [4.78, 5) is 61.9. The number of hydrogen-bond acceptors (Lipinski definition) is 21. The molecule has 0 saturated carbocycles. The number of hydrogen-bond donors (Lipinski definition) is 3. The molecule has 3 aromatic carbocycles. The van der Waals surface area contributed by atoms with E-state index in [9.17, 15) is 24.4 Å². The molecule has 24 nitrogen and oxygen atoms in total. The van der Waals surface area contributed by atoms with Crippen molar-refractivity contribution in [3.63, 3.8) is 0 Å². The Bertz CT molecular complexity index is 2850. The van der Waals surface area contributed by atoms with E-state index in [1.807, 2.05) is 68.4 Å². The highest BCUT2D eigenvalue weighted by molar-refractivity contribution is 9.10. The number of amides is 3. The number of ether oxygens (including phenoxy) is 12. The summed E-state index contributed by atoms with van der Waals surface area (Å²) in [5.41, 5.74) is 4.57. The van der Waals surface area contributed by atoms with Gasteiger partial charge in [0.05, 0.1) is 156 Å². The van der Waals surface area contributed by atoms with Crippen LogP contribution in [0.15, 0.2) is 100 Å². The van der Waals surface area contributed by atoms with Gasteiger partial charge in [-0.15, -0.1) is 0 Å². The Labute approximate surface area is 553 Å². The summed E-state index contributed by atoms with van der Waals surface area (Å²) in [5, 5.41) is 23.1. The van der Waals surface area contributed by atoms with Crippen LogP contribution in [-0.2, 0) is 71.3 Å². The summed E-state index contributed by atoms with van der Waals surface area (Å²) in [6.07, 6.45) is 5.93. The van der Waals surface area contributed by atoms with Crippen molar-refractivity contribution in [1.82, 2.24) is 15.6 Å². The summed E-state index contributed by atoms with van der Waals surface area (Å²) in [6, 6.07) is 27.2. The summed E-state index contributed by atoms with van der Waals surface area (Å²) in [5.74, 6) is -0.334. The number of carbonyl (C=O) groups is 4. The lowest BCUT2D eigenvalue weighted by molar-refractivity contribution is -0.127. The number of benzene rings is 3. The van der Waals surface area contributed by atoms with Crippen molar-refractivity contribution >= 4 is 74.7 Å². The zero-order chi connectivity index (χ0) is 65.6. The summed E-state index contributed by atoms with van der Waals surface area (Å²) < 4.78 is 67.2. The largest absolute Gasteiger partial charge is 0.488 e. The van der Waals surface area contributed by atoms with Gasteiger partial charge in [0.25, 0.3) is 11.8 Å². The molecule has 3 N–H and O–H groups in total. The number of nitrogens with zero attached hydrogens (tertiary/aromatic N) is 4. The third kappa shape index (κ3) is 31.9. The van der Waals surface area contributed by atoms with Crippen molar-refractivity contribution in [2.45, 2.75) is 71.0 Å². The molecule has 504 valence electrons. The fraction of sp³-hybridized carbons (Fsp3) is 0.530. The second kappa shape index (κ2) is 47.4. The van der Waals surface area contributed by atoms with Crippen LogP contribution in [0.25, 0.3) is 6.08 Å². The number of anilines is 2. The highest BCUT2D eigenvalue weighted by Gasteiger charge is 2.33. The molecule has 0 radical (unpaired) electrons. The maximum absolute atomic E-state index is 13.2. The lowest BCUT2D eigenvalue weighted by Gasteiger charge is -2.39. The Hall–Kier alpha value is -6.48. The van der Waals surface area contributed by atoms with E-state index in [1.165, 1.54) is 12.3 Å². The lowest BCUT2D eigenvalue weighted by Crippen LogP contribution is -2.43. The topological polar surface area (TPSA) is 277 Å². The molecule has 1 aliphatic rings. The van der Waals surface area contributed by atoms with Gasteiger partial charge in [0, 0.05) is 48.0 Å². The number of halogens is 2. The first-order valence-electron chi connectivity index (χ1n) is 31.0. The van der Waals surface area contributed by atoms with Crippen LogP contribution in [0.5, 0.6) is 5.75 Å². The van der Waals surface area contributed by atoms with E-state index in [2.05, 4.69) is 42.0 Å². The lowest BCUT2D eigenvalue weighted by atomic mass is 9.89. The number of ketones is 1. The third-order valence-electron chi connectivity index (χ3n) is 13.5. The molecular formula is C66H89BrClN7O17. The van der Waals surface area contributed by atoms with Crippen LogP contribution in [-0.4, -0.2) is 199 Å². The molecule has 1 aromatic heterocycles. The van der Waals surface area contributed by atoms with Gasteiger partial charge < -0.3 is 82.5 Å². The molecule has 4 aromatic rings. The monoisotopic (exact) mass is 1370 g/mol. The minimum Gasteiger partial charge on any atom is -0.488 e. The van der Waals surface area contributed by atoms with Crippen molar-refractivity contribution in [1.29, 1.82) is 5.26 Å². The number of fused-ring (bicyclic) bond motifs is 1. The molecule has 0 aliphatic carbocycles. The number of aromatic nitrogens is 1. The third-order valence-corrected chi connectivity index (χ3v) is 14.2. The molecule has 3 atom stereocenters. The maximum Gasteiger partial charge on any atom is 0.262 e. The second-order valence-corrected chi connectivity index (χ2v) is 21.8. The molecule has 5 rings (SSSR count). The standard InChI is InChI=1S/C66H89BrClN7O17/c1-4-7-60(74-66(79)54(47-69)45-57-8-5-10-64(67)73-57)52-11-18-58(19-12-52)91-23-21-71-92-48-65(78)70-49-90-43-42-89-41-40-88-39-38-87-37-36-86-35-34-85-33-32-84-31-30-83-29-28-82-27-26-81-25-24-80-22-6-9-63(77)53-13-20-62-59(46-53)61(44-50(2)75(62)51(3)76)72-56-16-14-55(68)15-17-56/h5,8,10-21,45-46,50,60-61,72H,4,6-7,9,22-44,48-49H2,1-3H3,(H,70,78)(H,74,79)/b54-45+,71-21?/t50-,60?,61+/m0/s1. The number of pyridine rings is 1. The highest BCUT2D eigenvalue weighted by Crippen LogP contribution is 2.40. The van der Waals surface area contributed by atoms with Crippen LogP contribution < -0.4 is 25.6 Å². The van der Waals surface area contributed by atoms with E-state index >= 15 is 0 Å². The van der Waals surface area contributed by atoms with Crippen LogP contribution in [0.2, 0.25) is 5.02 Å². The van der Waals surface area contributed by atoms with Gasteiger partial charge in [-0.1, -0.05) is 48.3 Å². The fourth-order valence-electron chi connectivity index (χ4n) is 9.09. The van der Waals surface area contributed by atoms with Crippen molar-refractivity contribution in [2.24, 2.45) is 5.16 Å².